The van der Waals surface area contributed by atoms with Gasteiger partial charge in [0.25, 0.3) is 0 Å². The van der Waals surface area contributed by atoms with Crippen LogP contribution >= 0.6 is 0 Å². The van der Waals surface area contributed by atoms with Crippen LogP contribution in [0.1, 0.15) is 22.8 Å². The maximum Gasteiger partial charge on any atom is 0.418 e. The van der Waals surface area contributed by atoms with E-state index in [1.807, 2.05) is 6.07 Å². The van der Waals surface area contributed by atoms with E-state index in [1.165, 1.54) is 6.07 Å². The summed E-state index contributed by atoms with van der Waals surface area (Å²) in [5.74, 6) is 0. The second kappa shape index (κ2) is 3.72. The van der Waals surface area contributed by atoms with Crippen molar-refractivity contribution >= 4 is 10.8 Å². The van der Waals surface area contributed by atoms with E-state index in [0.717, 1.165) is 29.4 Å². The molecule has 1 aliphatic rings. The zero-order valence-electron chi connectivity index (χ0n) is 9.46. The molecule has 0 heterocycles. The maximum atomic E-state index is 12.6. The zero-order valence-corrected chi connectivity index (χ0v) is 9.46. The number of benzene rings is 2. The number of alkyl halides is 3. The summed E-state index contributed by atoms with van der Waals surface area (Å²) in [6.45, 7) is 0. The van der Waals surface area contributed by atoms with Crippen molar-refractivity contribution in [3.63, 3.8) is 0 Å². The molecule has 0 saturated carbocycles. The number of aryl methyl sites for hydroxylation is 2. The number of rotatable bonds is 1. The van der Waals surface area contributed by atoms with E-state index in [1.54, 1.807) is 18.2 Å². The van der Waals surface area contributed by atoms with Crippen LogP contribution in [-0.2, 0) is 12.8 Å². The molecule has 18 heavy (non-hydrogen) atoms. The lowest BCUT2D eigenvalue weighted by Gasteiger charge is -2.17. The van der Waals surface area contributed by atoms with E-state index in [2.05, 4.69) is 0 Å². The van der Waals surface area contributed by atoms with Crippen LogP contribution in [-0.4, -0.2) is 11.3 Å². The van der Waals surface area contributed by atoms with Crippen LogP contribution < -0.4 is 0 Å². The molecule has 1 unspecified atom stereocenters. The normalized spacial score (nSPS) is 16.2. The summed E-state index contributed by atoms with van der Waals surface area (Å²) in [6, 6.07) is 8.42. The smallest absolute Gasteiger partial charge is 0.379 e. The van der Waals surface area contributed by atoms with Gasteiger partial charge in [0.05, 0.1) is 0 Å². The van der Waals surface area contributed by atoms with E-state index >= 15 is 0 Å². The molecule has 0 fully saturated rings. The Morgan fingerprint density at radius 3 is 2.33 bits per heavy atom. The lowest BCUT2D eigenvalue weighted by atomic mass is 9.96. The Bertz CT molecular complexity index is 606. The van der Waals surface area contributed by atoms with Crippen LogP contribution in [0.15, 0.2) is 30.3 Å². The van der Waals surface area contributed by atoms with Crippen LogP contribution in [0.5, 0.6) is 0 Å². The third kappa shape index (κ3) is 1.60. The van der Waals surface area contributed by atoms with Crippen molar-refractivity contribution in [2.75, 3.05) is 0 Å². The first-order valence-corrected chi connectivity index (χ1v) is 5.76. The molecule has 1 atom stereocenters. The largest absolute Gasteiger partial charge is 0.418 e. The minimum absolute atomic E-state index is 0.0509. The topological polar surface area (TPSA) is 20.2 Å². The van der Waals surface area contributed by atoms with E-state index in [4.69, 9.17) is 0 Å². The van der Waals surface area contributed by atoms with E-state index < -0.39 is 12.3 Å². The van der Waals surface area contributed by atoms with Crippen molar-refractivity contribution < 1.29 is 18.3 Å². The predicted molar refractivity (Wildman–Crippen MR) is 62.4 cm³/mol. The first kappa shape index (κ1) is 11.5. The average Bonchev–Trinajstić information content (AvgIpc) is 2.73. The van der Waals surface area contributed by atoms with Crippen LogP contribution in [0.3, 0.4) is 0 Å². The molecule has 0 aliphatic heterocycles. The Kier molecular flexibility index (Phi) is 2.38. The quantitative estimate of drug-likeness (QED) is 0.823. The number of hydrogen-bond acceptors (Lipinski definition) is 1. The van der Waals surface area contributed by atoms with Crippen LogP contribution in [0, 0.1) is 0 Å². The first-order valence-electron chi connectivity index (χ1n) is 5.76. The number of halogens is 3. The predicted octanol–water partition coefficient (Wildman–Crippen LogP) is 3.53. The summed E-state index contributed by atoms with van der Waals surface area (Å²) in [4.78, 5) is 0. The van der Waals surface area contributed by atoms with Gasteiger partial charge in [-0.15, -0.1) is 0 Å². The molecule has 2 aromatic rings. The van der Waals surface area contributed by atoms with Crippen LogP contribution in [0.2, 0.25) is 0 Å². The fraction of sp³-hybridized carbons (Fsp3) is 0.286. The Balaban J connectivity index is 2.27. The standard InChI is InChI=1S/C14H11F3O/c15-14(16,17)13(18)11-7-6-9-5-4-8-2-1-3-10(11)12(8)9/h1-3,6-7,13,18H,4-5H2. The van der Waals surface area contributed by atoms with Gasteiger partial charge in [-0.3, -0.25) is 0 Å². The SMILES string of the molecule is OC(c1ccc2c3c(cccc13)CC2)C(F)(F)F. The van der Waals surface area contributed by atoms with Crippen molar-refractivity contribution in [2.24, 2.45) is 0 Å². The number of hydrogen-bond donors (Lipinski definition) is 1. The van der Waals surface area contributed by atoms with Gasteiger partial charge in [-0.25, -0.2) is 0 Å². The highest BCUT2D eigenvalue weighted by Gasteiger charge is 2.40. The fourth-order valence-electron chi connectivity index (χ4n) is 2.68. The Hall–Kier alpha value is -1.55. The molecule has 1 aliphatic carbocycles. The summed E-state index contributed by atoms with van der Waals surface area (Å²) in [6.07, 6.45) is -5.32. The van der Waals surface area contributed by atoms with Gasteiger partial charge in [-0.05, 0) is 40.3 Å². The summed E-state index contributed by atoms with van der Waals surface area (Å²) < 4.78 is 37.9. The first-order chi connectivity index (χ1) is 8.48. The van der Waals surface area contributed by atoms with Gasteiger partial charge in [0, 0.05) is 0 Å². The van der Waals surface area contributed by atoms with Crippen molar-refractivity contribution in [1.29, 1.82) is 0 Å². The van der Waals surface area contributed by atoms with Crippen molar-refractivity contribution in [1.82, 2.24) is 0 Å². The molecule has 0 spiro atoms. The van der Waals surface area contributed by atoms with Crippen LogP contribution in [0.4, 0.5) is 13.2 Å². The fourth-order valence-corrected chi connectivity index (χ4v) is 2.68. The highest BCUT2D eigenvalue weighted by Crippen LogP contribution is 2.39. The summed E-state index contributed by atoms with van der Waals surface area (Å²) in [5.41, 5.74) is 2.09. The summed E-state index contributed by atoms with van der Waals surface area (Å²) in [5, 5.41) is 10.8. The van der Waals surface area contributed by atoms with E-state index in [9.17, 15) is 18.3 Å². The second-order valence-corrected chi connectivity index (χ2v) is 4.60. The molecule has 4 heteroatoms. The third-order valence-corrected chi connectivity index (χ3v) is 3.52. The highest BCUT2D eigenvalue weighted by molar-refractivity contribution is 5.93. The van der Waals surface area contributed by atoms with Crippen LogP contribution in [0.25, 0.3) is 10.8 Å². The summed E-state index contributed by atoms with van der Waals surface area (Å²) in [7, 11) is 0. The third-order valence-electron chi connectivity index (χ3n) is 3.52. The van der Waals surface area contributed by atoms with Gasteiger partial charge in [0.15, 0.2) is 6.10 Å². The molecule has 1 nitrogen and oxygen atoms in total. The lowest BCUT2D eigenvalue weighted by molar-refractivity contribution is -0.206. The average molecular weight is 252 g/mol. The number of aliphatic hydroxyl groups is 1. The molecule has 3 rings (SSSR count). The van der Waals surface area contributed by atoms with Gasteiger partial charge in [-0.1, -0.05) is 30.3 Å². The monoisotopic (exact) mass is 252 g/mol. The molecule has 2 aromatic carbocycles. The molecule has 0 radical (unpaired) electrons. The van der Waals surface area contributed by atoms with Gasteiger partial charge < -0.3 is 5.11 Å². The molecule has 0 aromatic heterocycles. The highest BCUT2D eigenvalue weighted by atomic mass is 19.4. The maximum absolute atomic E-state index is 12.6. The Labute approximate surface area is 102 Å². The summed E-state index contributed by atoms with van der Waals surface area (Å²) >= 11 is 0. The molecule has 94 valence electrons. The lowest BCUT2D eigenvalue weighted by Crippen LogP contribution is -2.20. The molecule has 0 bridgehead atoms. The van der Waals surface area contributed by atoms with Gasteiger partial charge in [0.1, 0.15) is 0 Å². The Morgan fingerprint density at radius 2 is 1.67 bits per heavy atom. The minimum Gasteiger partial charge on any atom is -0.379 e. The Morgan fingerprint density at radius 1 is 1.00 bits per heavy atom. The molecule has 0 amide bonds. The molecule has 1 N–H and O–H groups in total. The van der Waals surface area contributed by atoms with E-state index in [0.29, 0.717) is 5.39 Å². The second-order valence-electron chi connectivity index (χ2n) is 4.60. The van der Waals surface area contributed by atoms with Gasteiger partial charge >= 0.3 is 6.18 Å². The van der Waals surface area contributed by atoms with Crippen molar-refractivity contribution in [2.45, 2.75) is 25.1 Å². The molecule has 0 saturated heterocycles. The van der Waals surface area contributed by atoms with Gasteiger partial charge in [0.2, 0.25) is 0 Å². The van der Waals surface area contributed by atoms with Crippen molar-refractivity contribution in [3.8, 4) is 0 Å². The molecular formula is C14H11F3O. The molecular weight excluding hydrogens is 241 g/mol. The minimum atomic E-state index is -4.63. The van der Waals surface area contributed by atoms with E-state index in [-0.39, 0.29) is 5.56 Å². The number of aliphatic hydroxyl groups excluding tert-OH is 1. The van der Waals surface area contributed by atoms with Crippen molar-refractivity contribution in [3.05, 3.63) is 47.0 Å². The van der Waals surface area contributed by atoms with Gasteiger partial charge in [-0.2, -0.15) is 13.2 Å². The zero-order chi connectivity index (χ0) is 12.9.